The minimum absolute atomic E-state index is 0.237. The number of aliphatic hydroxyl groups excluding tert-OH is 1. The third-order valence-corrected chi connectivity index (χ3v) is 3.27. The third-order valence-electron chi connectivity index (χ3n) is 3.27. The summed E-state index contributed by atoms with van der Waals surface area (Å²) in [6.07, 6.45) is 2.69. The van der Waals surface area contributed by atoms with Gasteiger partial charge in [0.15, 0.2) is 0 Å². The van der Waals surface area contributed by atoms with Gasteiger partial charge in [-0.05, 0) is 30.4 Å². The van der Waals surface area contributed by atoms with Gasteiger partial charge in [-0.15, -0.1) is 0 Å². The highest BCUT2D eigenvalue weighted by atomic mass is 16.3. The number of aryl methyl sites for hydroxylation is 1. The normalized spacial score (nSPS) is 14.6. The Hall–Kier alpha value is -0.860. The lowest BCUT2D eigenvalue weighted by Gasteiger charge is -2.19. The van der Waals surface area contributed by atoms with Gasteiger partial charge in [-0.2, -0.15) is 0 Å². The van der Waals surface area contributed by atoms with Gasteiger partial charge in [-0.1, -0.05) is 45.0 Å². The molecule has 0 aromatic heterocycles. The molecule has 1 aromatic rings. The van der Waals surface area contributed by atoms with Crippen LogP contribution in [0.1, 0.15) is 50.8 Å². The molecule has 2 atom stereocenters. The molecule has 2 unspecified atom stereocenters. The molecule has 0 heterocycles. The Labute approximate surface area is 105 Å². The molecule has 0 saturated heterocycles. The highest BCUT2D eigenvalue weighted by Gasteiger charge is 2.10. The van der Waals surface area contributed by atoms with Crippen LogP contribution >= 0.6 is 0 Å². The highest BCUT2D eigenvalue weighted by molar-refractivity contribution is 5.25. The van der Waals surface area contributed by atoms with Crippen molar-refractivity contribution in [2.45, 2.75) is 52.2 Å². The second-order valence-corrected chi connectivity index (χ2v) is 4.53. The summed E-state index contributed by atoms with van der Waals surface area (Å²) in [6, 6.07) is 9.12. The van der Waals surface area contributed by atoms with Crippen molar-refractivity contribution in [3.05, 3.63) is 35.4 Å². The van der Waals surface area contributed by atoms with E-state index in [-0.39, 0.29) is 6.10 Å². The fourth-order valence-electron chi connectivity index (χ4n) is 1.91. The Bertz CT molecular complexity index is 307. The minimum Gasteiger partial charge on any atom is -0.392 e. The summed E-state index contributed by atoms with van der Waals surface area (Å²) in [5.41, 5.74) is 2.69. The fraction of sp³-hybridized carbons (Fsp3) is 0.600. The SMILES string of the molecule is CCc1ccc(C(CC)NCC(O)CC)cc1. The monoisotopic (exact) mass is 235 g/mol. The van der Waals surface area contributed by atoms with E-state index < -0.39 is 0 Å². The summed E-state index contributed by atoms with van der Waals surface area (Å²) in [5, 5.41) is 13.0. The molecule has 0 aliphatic heterocycles. The number of rotatable bonds is 7. The van der Waals surface area contributed by atoms with Gasteiger partial charge in [0.25, 0.3) is 0 Å². The Balaban J connectivity index is 2.59. The van der Waals surface area contributed by atoms with Crippen molar-refractivity contribution >= 4 is 0 Å². The molecule has 17 heavy (non-hydrogen) atoms. The Morgan fingerprint density at radius 1 is 1.06 bits per heavy atom. The van der Waals surface area contributed by atoms with Crippen molar-refractivity contribution < 1.29 is 5.11 Å². The van der Waals surface area contributed by atoms with E-state index in [1.165, 1.54) is 11.1 Å². The van der Waals surface area contributed by atoms with Gasteiger partial charge < -0.3 is 10.4 Å². The smallest absolute Gasteiger partial charge is 0.0662 e. The van der Waals surface area contributed by atoms with Crippen LogP contribution in [0.5, 0.6) is 0 Å². The standard InChI is InChI=1S/C15H25NO/c1-4-12-7-9-13(10-8-12)15(6-3)16-11-14(17)5-2/h7-10,14-17H,4-6,11H2,1-3H3. The molecule has 0 aliphatic rings. The van der Waals surface area contributed by atoms with Crippen LogP contribution in [0.25, 0.3) is 0 Å². The molecular weight excluding hydrogens is 210 g/mol. The first-order valence-corrected chi connectivity index (χ1v) is 6.71. The van der Waals surface area contributed by atoms with E-state index >= 15 is 0 Å². The zero-order chi connectivity index (χ0) is 12.7. The van der Waals surface area contributed by atoms with Gasteiger partial charge in [0.05, 0.1) is 6.10 Å². The molecule has 2 heteroatoms. The van der Waals surface area contributed by atoms with E-state index in [4.69, 9.17) is 0 Å². The Kier molecular flexibility index (Phi) is 6.23. The lowest BCUT2D eigenvalue weighted by molar-refractivity contribution is 0.162. The van der Waals surface area contributed by atoms with Crippen LogP contribution in [-0.2, 0) is 6.42 Å². The van der Waals surface area contributed by atoms with Crippen LogP contribution in [0.3, 0.4) is 0 Å². The van der Waals surface area contributed by atoms with Crippen LogP contribution < -0.4 is 5.32 Å². The van der Waals surface area contributed by atoms with Crippen LogP contribution in [0.2, 0.25) is 0 Å². The van der Waals surface area contributed by atoms with Gasteiger partial charge in [0.1, 0.15) is 0 Å². The Morgan fingerprint density at radius 2 is 1.71 bits per heavy atom. The molecule has 0 saturated carbocycles. The number of benzene rings is 1. The molecule has 2 nitrogen and oxygen atoms in total. The van der Waals surface area contributed by atoms with E-state index in [1.807, 2.05) is 6.92 Å². The van der Waals surface area contributed by atoms with E-state index in [2.05, 4.69) is 43.4 Å². The summed E-state index contributed by atoms with van der Waals surface area (Å²) in [7, 11) is 0. The lowest BCUT2D eigenvalue weighted by atomic mass is 10.0. The van der Waals surface area contributed by atoms with Gasteiger partial charge in [-0.25, -0.2) is 0 Å². The van der Waals surface area contributed by atoms with Crippen molar-refractivity contribution in [1.29, 1.82) is 0 Å². The summed E-state index contributed by atoms with van der Waals surface area (Å²) >= 11 is 0. The van der Waals surface area contributed by atoms with E-state index in [0.717, 1.165) is 19.3 Å². The molecule has 0 spiro atoms. The molecular formula is C15H25NO. The van der Waals surface area contributed by atoms with E-state index in [9.17, 15) is 5.11 Å². The first-order valence-electron chi connectivity index (χ1n) is 6.71. The highest BCUT2D eigenvalue weighted by Crippen LogP contribution is 2.17. The van der Waals surface area contributed by atoms with Crippen molar-refractivity contribution in [3.63, 3.8) is 0 Å². The molecule has 0 bridgehead atoms. The van der Waals surface area contributed by atoms with Crippen LogP contribution in [0, 0.1) is 0 Å². The first kappa shape index (κ1) is 14.2. The molecule has 96 valence electrons. The average molecular weight is 235 g/mol. The molecule has 0 amide bonds. The maximum atomic E-state index is 9.57. The van der Waals surface area contributed by atoms with Crippen LogP contribution in [-0.4, -0.2) is 17.8 Å². The quantitative estimate of drug-likeness (QED) is 0.761. The minimum atomic E-state index is -0.237. The van der Waals surface area contributed by atoms with E-state index in [1.54, 1.807) is 0 Å². The first-order chi connectivity index (χ1) is 8.21. The predicted molar refractivity (Wildman–Crippen MR) is 73.2 cm³/mol. The zero-order valence-electron chi connectivity index (χ0n) is 11.2. The van der Waals surface area contributed by atoms with E-state index in [0.29, 0.717) is 12.6 Å². The lowest BCUT2D eigenvalue weighted by Crippen LogP contribution is -2.29. The Morgan fingerprint density at radius 3 is 2.18 bits per heavy atom. The molecule has 1 aromatic carbocycles. The largest absolute Gasteiger partial charge is 0.392 e. The molecule has 0 fully saturated rings. The number of aliphatic hydroxyl groups is 1. The van der Waals surface area contributed by atoms with Crippen molar-refractivity contribution in [2.75, 3.05) is 6.54 Å². The molecule has 2 N–H and O–H groups in total. The maximum absolute atomic E-state index is 9.57. The van der Waals surface area contributed by atoms with Gasteiger partial charge in [0, 0.05) is 12.6 Å². The van der Waals surface area contributed by atoms with Crippen LogP contribution in [0.15, 0.2) is 24.3 Å². The van der Waals surface area contributed by atoms with Crippen molar-refractivity contribution in [3.8, 4) is 0 Å². The van der Waals surface area contributed by atoms with Crippen molar-refractivity contribution in [2.24, 2.45) is 0 Å². The number of hydrogen-bond donors (Lipinski definition) is 2. The van der Waals surface area contributed by atoms with Gasteiger partial charge >= 0.3 is 0 Å². The average Bonchev–Trinajstić information content (AvgIpc) is 2.39. The van der Waals surface area contributed by atoms with Crippen LogP contribution in [0.4, 0.5) is 0 Å². The van der Waals surface area contributed by atoms with Gasteiger partial charge in [0.2, 0.25) is 0 Å². The molecule has 1 rings (SSSR count). The second kappa shape index (κ2) is 7.46. The third kappa shape index (κ3) is 4.49. The fourth-order valence-corrected chi connectivity index (χ4v) is 1.91. The molecule has 0 aliphatic carbocycles. The number of nitrogens with one attached hydrogen (secondary N) is 1. The number of hydrogen-bond acceptors (Lipinski definition) is 2. The second-order valence-electron chi connectivity index (χ2n) is 4.53. The summed E-state index contributed by atoms with van der Waals surface area (Å²) in [6.45, 7) is 7.01. The summed E-state index contributed by atoms with van der Waals surface area (Å²) in [4.78, 5) is 0. The summed E-state index contributed by atoms with van der Waals surface area (Å²) < 4.78 is 0. The molecule has 0 radical (unpaired) electrons. The van der Waals surface area contributed by atoms with Crippen molar-refractivity contribution in [1.82, 2.24) is 5.32 Å². The zero-order valence-corrected chi connectivity index (χ0v) is 11.2. The predicted octanol–water partition coefficient (Wildman–Crippen LogP) is 3.06. The summed E-state index contributed by atoms with van der Waals surface area (Å²) in [5.74, 6) is 0. The maximum Gasteiger partial charge on any atom is 0.0662 e. The topological polar surface area (TPSA) is 32.3 Å². The van der Waals surface area contributed by atoms with Gasteiger partial charge in [-0.3, -0.25) is 0 Å².